The summed E-state index contributed by atoms with van der Waals surface area (Å²) in [5.41, 5.74) is 0.885. The molecule has 7 heteroatoms. The Morgan fingerprint density at radius 2 is 1.86 bits per heavy atom. The topological polar surface area (TPSA) is 88.9 Å². The highest BCUT2D eigenvalue weighted by Crippen LogP contribution is 2.28. The van der Waals surface area contributed by atoms with Crippen LogP contribution in [-0.4, -0.2) is 38.2 Å². The Balaban J connectivity index is 2.15. The third-order valence-corrected chi connectivity index (χ3v) is 4.11. The Kier molecular flexibility index (Phi) is 8.04. The highest BCUT2D eigenvalue weighted by Gasteiger charge is 2.26. The van der Waals surface area contributed by atoms with Gasteiger partial charge in [-0.3, -0.25) is 4.79 Å². The minimum atomic E-state index is -1.03. The SMILES string of the molecule is CCOc1cc(C(=O)OC(C)C(=O)N(CCC#N)c2ccccc2)ccc1OC. The molecule has 2 aromatic rings. The van der Waals surface area contributed by atoms with Gasteiger partial charge in [0.05, 0.1) is 31.8 Å². The number of nitriles is 1. The number of carbonyl (C=O) groups is 2. The largest absolute Gasteiger partial charge is 0.493 e. The third kappa shape index (κ3) is 5.72. The minimum absolute atomic E-state index is 0.164. The second-order valence-electron chi connectivity index (χ2n) is 6.08. The van der Waals surface area contributed by atoms with Gasteiger partial charge in [-0.15, -0.1) is 0 Å². The first-order chi connectivity index (χ1) is 14.0. The molecule has 1 atom stereocenters. The molecule has 2 aromatic carbocycles. The van der Waals surface area contributed by atoms with Gasteiger partial charge < -0.3 is 19.1 Å². The summed E-state index contributed by atoms with van der Waals surface area (Å²) in [5, 5.41) is 8.89. The maximum atomic E-state index is 12.9. The number of rotatable bonds is 9. The highest BCUT2D eigenvalue weighted by molar-refractivity contribution is 5.99. The quantitative estimate of drug-likeness (QED) is 0.602. The van der Waals surface area contributed by atoms with Gasteiger partial charge in [0.25, 0.3) is 5.91 Å². The molecule has 29 heavy (non-hydrogen) atoms. The number of benzene rings is 2. The summed E-state index contributed by atoms with van der Waals surface area (Å²) in [4.78, 5) is 26.9. The molecule has 0 N–H and O–H groups in total. The summed E-state index contributed by atoms with van der Waals surface area (Å²) < 4.78 is 16.1. The standard InChI is InChI=1S/C22H24N2O5/c1-4-28-20-15-17(11-12-19(20)27-3)22(26)29-16(2)21(25)24(14-8-13-23)18-9-6-5-7-10-18/h5-7,9-12,15-16H,4,8,14H2,1-3H3. The van der Waals surface area contributed by atoms with Crippen LogP contribution in [-0.2, 0) is 9.53 Å². The Morgan fingerprint density at radius 3 is 2.48 bits per heavy atom. The number of hydrogen-bond acceptors (Lipinski definition) is 6. The average Bonchev–Trinajstić information content (AvgIpc) is 2.74. The second-order valence-corrected chi connectivity index (χ2v) is 6.08. The molecule has 0 saturated heterocycles. The smallest absolute Gasteiger partial charge is 0.339 e. The zero-order valence-corrected chi connectivity index (χ0v) is 16.8. The molecule has 0 spiro atoms. The van der Waals surface area contributed by atoms with Crippen molar-refractivity contribution in [1.29, 1.82) is 5.26 Å². The molecule has 0 radical (unpaired) electrons. The van der Waals surface area contributed by atoms with E-state index in [1.165, 1.54) is 25.0 Å². The van der Waals surface area contributed by atoms with E-state index < -0.39 is 18.0 Å². The van der Waals surface area contributed by atoms with E-state index in [4.69, 9.17) is 19.5 Å². The molecule has 2 rings (SSSR count). The number of esters is 1. The van der Waals surface area contributed by atoms with Gasteiger partial charge in [0.1, 0.15) is 0 Å². The number of hydrogen-bond donors (Lipinski definition) is 0. The molecule has 0 heterocycles. The van der Waals surface area contributed by atoms with E-state index in [0.29, 0.717) is 23.8 Å². The number of ether oxygens (including phenoxy) is 3. The van der Waals surface area contributed by atoms with Gasteiger partial charge in [-0.25, -0.2) is 4.79 Å². The van der Waals surface area contributed by atoms with Crippen molar-refractivity contribution in [3.8, 4) is 17.6 Å². The summed E-state index contributed by atoms with van der Waals surface area (Å²) >= 11 is 0. The minimum Gasteiger partial charge on any atom is -0.493 e. The third-order valence-electron chi connectivity index (χ3n) is 4.11. The molecule has 0 aliphatic heterocycles. The van der Waals surface area contributed by atoms with Gasteiger partial charge in [0.15, 0.2) is 17.6 Å². The lowest BCUT2D eigenvalue weighted by molar-refractivity contribution is -0.126. The van der Waals surface area contributed by atoms with E-state index in [1.807, 2.05) is 19.1 Å². The first-order valence-corrected chi connectivity index (χ1v) is 9.27. The normalized spacial score (nSPS) is 11.1. The molecule has 0 saturated carbocycles. The Labute approximate surface area is 170 Å². The van der Waals surface area contributed by atoms with E-state index in [0.717, 1.165) is 0 Å². The predicted molar refractivity (Wildman–Crippen MR) is 108 cm³/mol. The lowest BCUT2D eigenvalue weighted by atomic mass is 10.2. The van der Waals surface area contributed by atoms with Crippen molar-refractivity contribution in [3.05, 3.63) is 54.1 Å². The first kappa shape index (κ1) is 21.8. The zero-order valence-electron chi connectivity index (χ0n) is 16.8. The van der Waals surface area contributed by atoms with Crippen LogP contribution >= 0.6 is 0 Å². The molecule has 152 valence electrons. The summed E-state index contributed by atoms with van der Waals surface area (Å²) in [7, 11) is 1.51. The van der Waals surface area contributed by atoms with E-state index in [9.17, 15) is 9.59 Å². The first-order valence-electron chi connectivity index (χ1n) is 9.27. The van der Waals surface area contributed by atoms with Crippen LogP contribution in [0.15, 0.2) is 48.5 Å². The van der Waals surface area contributed by atoms with Gasteiger partial charge in [-0.1, -0.05) is 18.2 Å². The van der Waals surface area contributed by atoms with Crippen molar-refractivity contribution in [2.75, 3.05) is 25.2 Å². The van der Waals surface area contributed by atoms with Crippen LogP contribution in [0.25, 0.3) is 0 Å². The second kappa shape index (κ2) is 10.7. The van der Waals surface area contributed by atoms with E-state index >= 15 is 0 Å². The Bertz CT molecular complexity index is 877. The van der Waals surface area contributed by atoms with Crippen molar-refractivity contribution < 1.29 is 23.8 Å². The fraction of sp³-hybridized carbons (Fsp3) is 0.318. The molecule has 1 unspecified atom stereocenters. The Hall–Kier alpha value is -3.53. The molecule has 0 bridgehead atoms. The number of methoxy groups -OCH3 is 1. The van der Waals surface area contributed by atoms with Crippen LogP contribution in [0.3, 0.4) is 0 Å². The van der Waals surface area contributed by atoms with Gasteiger partial charge in [-0.05, 0) is 44.2 Å². The zero-order chi connectivity index (χ0) is 21.2. The predicted octanol–water partition coefficient (Wildman–Crippen LogP) is 3.59. The summed E-state index contributed by atoms with van der Waals surface area (Å²) in [6.45, 7) is 3.95. The fourth-order valence-electron chi connectivity index (χ4n) is 2.71. The molecule has 7 nitrogen and oxygen atoms in total. The average molecular weight is 396 g/mol. The monoisotopic (exact) mass is 396 g/mol. The van der Waals surface area contributed by atoms with Crippen molar-refractivity contribution in [2.45, 2.75) is 26.4 Å². The van der Waals surface area contributed by atoms with Crippen molar-refractivity contribution in [3.63, 3.8) is 0 Å². The van der Waals surface area contributed by atoms with Gasteiger partial charge >= 0.3 is 5.97 Å². The molecule has 0 aliphatic rings. The van der Waals surface area contributed by atoms with Crippen LogP contribution in [0.2, 0.25) is 0 Å². The Morgan fingerprint density at radius 1 is 1.14 bits per heavy atom. The van der Waals surface area contributed by atoms with Crippen LogP contribution in [0.4, 0.5) is 5.69 Å². The van der Waals surface area contributed by atoms with Crippen molar-refractivity contribution in [1.82, 2.24) is 0 Å². The number of nitrogens with zero attached hydrogens (tertiary/aromatic N) is 2. The number of para-hydroxylation sites is 1. The molecular weight excluding hydrogens is 372 g/mol. The van der Waals surface area contributed by atoms with Crippen LogP contribution in [0.5, 0.6) is 11.5 Å². The van der Waals surface area contributed by atoms with Crippen molar-refractivity contribution >= 4 is 17.6 Å². The number of carbonyl (C=O) groups excluding carboxylic acids is 2. The lowest BCUT2D eigenvalue weighted by Crippen LogP contribution is -2.40. The molecule has 0 aromatic heterocycles. The number of amides is 1. The summed E-state index contributed by atoms with van der Waals surface area (Å²) in [6.07, 6.45) is -0.864. The maximum absolute atomic E-state index is 12.9. The van der Waals surface area contributed by atoms with Crippen LogP contribution in [0.1, 0.15) is 30.6 Å². The van der Waals surface area contributed by atoms with E-state index in [-0.39, 0.29) is 18.5 Å². The van der Waals surface area contributed by atoms with E-state index in [2.05, 4.69) is 0 Å². The lowest BCUT2D eigenvalue weighted by Gasteiger charge is -2.25. The summed E-state index contributed by atoms with van der Waals surface area (Å²) in [5.74, 6) is -0.135. The van der Waals surface area contributed by atoms with Crippen molar-refractivity contribution in [2.24, 2.45) is 0 Å². The molecule has 0 fully saturated rings. The molecule has 0 aliphatic carbocycles. The van der Waals surface area contributed by atoms with Gasteiger partial charge in [0.2, 0.25) is 0 Å². The number of anilines is 1. The van der Waals surface area contributed by atoms with Crippen LogP contribution < -0.4 is 14.4 Å². The molecule has 1 amide bonds. The molecular formula is C22H24N2O5. The van der Waals surface area contributed by atoms with Crippen LogP contribution in [0, 0.1) is 11.3 Å². The maximum Gasteiger partial charge on any atom is 0.339 e. The van der Waals surface area contributed by atoms with Gasteiger partial charge in [0, 0.05) is 12.2 Å². The highest BCUT2D eigenvalue weighted by atomic mass is 16.5. The van der Waals surface area contributed by atoms with E-state index in [1.54, 1.807) is 36.4 Å². The van der Waals surface area contributed by atoms with Gasteiger partial charge in [-0.2, -0.15) is 5.26 Å². The fourth-order valence-corrected chi connectivity index (χ4v) is 2.71. The summed E-state index contributed by atoms with van der Waals surface area (Å²) in [6, 6.07) is 15.7.